The van der Waals surface area contributed by atoms with Gasteiger partial charge in [-0.15, -0.1) is 26.2 Å². The van der Waals surface area contributed by atoms with Crippen molar-refractivity contribution in [3.8, 4) is 0 Å². The number of hydrogen-bond donors (Lipinski definition) is 0. The van der Waals surface area contributed by atoms with E-state index in [4.69, 9.17) is 0 Å². The molecule has 0 aliphatic carbocycles. The fourth-order valence-electron chi connectivity index (χ4n) is 0.927. The highest BCUT2D eigenvalue weighted by Crippen LogP contribution is 2.02. The predicted octanol–water partition coefficient (Wildman–Crippen LogP) is 3.72. The van der Waals surface area contributed by atoms with Gasteiger partial charge in [0.2, 0.25) is 0 Å². The Morgan fingerprint density at radius 1 is 0.867 bits per heavy atom. The van der Waals surface area contributed by atoms with Gasteiger partial charge in [-0.3, -0.25) is 4.98 Å². The Morgan fingerprint density at radius 2 is 1.40 bits per heavy atom. The van der Waals surface area contributed by atoms with Crippen LogP contribution in [-0.2, 0) is 6.16 Å². The molecule has 1 unspecified atom stereocenters. The Morgan fingerprint density at radius 3 is 1.67 bits per heavy atom. The van der Waals surface area contributed by atoms with Crippen LogP contribution in [0.5, 0.6) is 0 Å². The van der Waals surface area contributed by atoms with E-state index in [1.807, 2.05) is 24.3 Å². The molecule has 0 aliphatic heterocycles. The molecule has 15 heavy (non-hydrogen) atoms. The summed E-state index contributed by atoms with van der Waals surface area (Å²) >= 11 is 0. The molecule has 2 rings (SSSR count). The molecule has 3 heteroatoms. The molecule has 1 atom stereocenters. The first-order valence-electron chi connectivity index (χ1n) is 4.52. The molecule has 2 aromatic rings. The molecule has 0 saturated carbocycles. The number of aromatic nitrogens is 1. The van der Waals surface area contributed by atoms with Gasteiger partial charge in [0, 0.05) is 12.4 Å². The number of pyridine rings is 1. The van der Waals surface area contributed by atoms with Gasteiger partial charge in [-0.25, -0.2) is 0 Å². The maximum absolute atomic E-state index is 3.78. The molecular weight excluding hydrogens is 269 g/mol. The van der Waals surface area contributed by atoms with Crippen molar-refractivity contribution in [3.05, 3.63) is 66.5 Å². The first-order chi connectivity index (χ1) is 6.93. The van der Waals surface area contributed by atoms with Crippen molar-refractivity contribution in [1.29, 1.82) is 0 Å². The average molecular weight is 284 g/mol. The third kappa shape index (κ3) is 7.24. The lowest BCUT2D eigenvalue weighted by molar-refractivity contribution is 1.33. The summed E-state index contributed by atoms with van der Waals surface area (Å²) in [6.45, 7) is 0. The molecule has 0 N–H and O–H groups in total. The zero-order chi connectivity index (χ0) is 10.1. The second-order valence-electron chi connectivity index (χ2n) is 2.71. The second kappa shape index (κ2) is 9.82. The van der Waals surface area contributed by atoms with E-state index >= 15 is 0 Å². The Kier molecular flexibility index (Phi) is 9.35. The number of halogens is 1. The fourth-order valence-corrected chi connectivity index (χ4v) is 1.20. The van der Waals surface area contributed by atoms with Gasteiger partial charge in [-0.05, 0) is 23.9 Å². The first-order valence-corrected chi connectivity index (χ1v) is 5.34. The van der Waals surface area contributed by atoms with E-state index in [2.05, 4.69) is 38.5 Å². The van der Waals surface area contributed by atoms with Crippen molar-refractivity contribution in [1.82, 2.24) is 4.98 Å². The third-order valence-electron chi connectivity index (χ3n) is 1.65. The van der Waals surface area contributed by atoms with Gasteiger partial charge >= 0.3 is 0 Å². The molecule has 1 heterocycles. The van der Waals surface area contributed by atoms with E-state index in [9.17, 15) is 0 Å². The summed E-state index contributed by atoms with van der Waals surface area (Å²) < 4.78 is 0. The normalized spacial score (nSPS) is 8.07. The quantitative estimate of drug-likeness (QED) is 0.727. The largest absolute Gasteiger partial charge is 0.265 e. The van der Waals surface area contributed by atoms with Crippen molar-refractivity contribution in [3.63, 3.8) is 0 Å². The van der Waals surface area contributed by atoms with Crippen LogP contribution < -0.4 is 0 Å². The summed E-state index contributed by atoms with van der Waals surface area (Å²) in [7, 11) is 2.69. The maximum Gasteiger partial charge on any atom is 0.0267 e. The van der Waals surface area contributed by atoms with Crippen LogP contribution in [0.15, 0.2) is 60.9 Å². The van der Waals surface area contributed by atoms with Crippen LogP contribution in [0, 0.1) is 0 Å². The van der Waals surface area contributed by atoms with Gasteiger partial charge in [0.25, 0.3) is 0 Å². The summed E-state index contributed by atoms with van der Waals surface area (Å²) in [4.78, 5) is 3.78. The van der Waals surface area contributed by atoms with Crippen LogP contribution >= 0.6 is 26.2 Å². The molecule has 1 nitrogen and oxygen atoms in total. The van der Waals surface area contributed by atoms with Gasteiger partial charge < -0.3 is 0 Å². The minimum Gasteiger partial charge on any atom is -0.265 e. The molecule has 0 amide bonds. The molecule has 0 spiro atoms. The fraction of sp³-hybridized carbons (Fsp3) is 0.0833. The molecular formula is C12H15BrNP. The third-order valence-corrected chi connectivity index (χ3v) is 2.12. The lowest BCUT2D eigenvalue weighted by atomic mass is 10.2. The molecule has 0 fully saturated rings. The average Bonchev–Trinajstić information content (AvgIpc) is 2.33. The Labute approximate surface area is 104 Å². The van der Waals surface area contributed by atoms with E-state index in [0.29, 0.717) is 0 Å². The number of nitrogens with zero attached hydrogens (tertiary/aromatic N) is 1. The molecule has 0 saturated heterocycles. The molecule has 1 aromatic heterocycles. The topological polar surface area (TPSA) is 12.9 Å². The van der Waals surface area contributed by atoms with Crippen molar-refractivity contribution in [2.24, 2.45) is 0 Å². The lowest BCUT2D eigenvalue weighted by Gasteiger charge is -1.89. The van der Waals surface area contributed by atoms with Gasteiger partial charge in [0.1, 0.15) is 0 Å². The highest BCUT2D eigenvalue weighted by Gasteiger charge is 1.80. The SMILES string of the molecule is Br.PCc1ccccc1.c1ccncc1. The summed E-state index contributed by atoms with van der Waals surface area (Å²) in [5.41, 5.74) is 1.37. The smallest absolute Gasteiger partial charge is 0.0267 e. The van der Waals surface area contributed by atoms with Crippen LogP contribution in [0.1, 0.15) is 5.56 Å². The van der Waals surface area contributed by atoms with Crippen molar-refractivity contribution in [2.75, 3.05) is 0 Å². The van der Waals surface area contributed by atoms with Gasteiger partial charge in [-0.2, -0.15) is 0 Å². The summed E-state index contributed by atoms with van der Waals surface area (Å²) in [6.07, 6.45) is 4.56. The lowest BCUT2D eigenvalue weighted by Crippen LogP contribution is -1.70. The van der Waals surface area contributed by atoms with Crippen LogP contribution in [0.3, 0.4) is 0 Å². The van der Waals surface area contributed by atoms with Gasteiger partial charge in [0.05, 0.1) is 0 Å². The van der Waals surface area contributed by atoms with E-state index in [1.165, 1.54) is 5.56 Å². The number of hydrogen-bond acceptors (Lipinski definition) is 1. The molecule has 80 valence electrons. The first kappa shape index (κ1) is 14.3. The highest BCUT2D eigenvalue weighted by atomic mass is 79.9. The number of rotatable bonds is 1. The zero-order valence-corrected chi connectivity index (χ0v) is 11.3. The highest BCUT2D eigenvalue weighted by molar-refractivity contribution is 8.93. The van der Waals surface area contributed by atoms with E-state index in [-0.39, 0.29) is 17.0 Å². The second-order valence-corrected chi connectivity index (χ2v) is 3.12. The Hall–Kier alpha value is -0.720. The predicted molar refractivity (Wildman–Crippen MR) is 74.4 cm³/mol. The standard InChI is InChI=1S/C7H9P.C5H5N.BrH/c8-6-7-4-2-1-3-5-7;1-2-4-6-5-3-1;/h1-5H,6,8H2;1-5H;1H. The summed E-state index contributed by atoms with van der Waals surface area (Å²) in [5, 5.41) is 0. The van der Waals surface area contributed by atoms with Crippen molar-refractivity contribution < 1.29 is 0 Å². The minimum absolute atomic E-state index is 0. The molecule has 0 bridgehead atoms. The van der Waals surface area contributed by atoms with Crippen LogP contribution in [-0.4, -0.2) is 4.98 Å². The number of benzene rings is 1. The van der Waals surface area contributed by atoms with Crippen molar-refractivity contribution >= 4 is 26.2 Å². The monoisotopic (exact) mass is 283 g/mol. The summed E-state index contributed by atoms with van der Waals surface area (Å²) in [5.74, 6) is 0. The molecule has 1 aromatic carbocycles. The zero-order valence-electron chi connectivity index (χ0n) is 8.41. The molecule has 0 radical (unpaired) electrons. The summed E-state index contributed by atoms with van der Waals surface area (Å²) in [6, 6.07) is 16.1. The maximum atomic E-state index is 3.78. The van der Waals surface area contributed by atoms with Crippen LogP contribution in [0.2, 0.25) is 0 Å². The van der Waals surface area contributed by atoms with Crippen LogP contribution in [0.25, 0.3) is 0 Å². The van der Waals surface area contributed by atoms with E-state index in [0.717, 1.165) is 6.16 Å². The Balaban J connectivity index is 0.000000253. The van der Waals surface area contributed by atoms with Gasteiger partial charge in [0.15, 0.2) is 0 Å². The Bertz CT molecular complexity index is 299. The molecule has 0 aliphatic rings. The van der Waals surface area contributed by atoms with Crippen LogP contribution in [0.4, 0.5) is 0 Å². The minimum atomic E-state index is 0. The van der Waals surface area contributed by atoms with E-state index in [1.54, 1.807) is 12.4 Å². The van der Waals surface area contributed by atoms with Gasteiger partial charge in [-0.1, -0.05) is 36.4 Å². The van der Waals surface area contributed by atoms with E-state index < -0.39 is 0 Å². The van der Waals surface area contributed by atoms with Crippen molar-refractivity contribution in [2.45, 2.75) is 6.16 Å².